The molecule has 1 aromatic carbocycles. The SMILES string of the molecule is CCCCCNC(=O)C(=O)[C@H](CC1CCCCC1)NC(=O)CN(C)C(=O)[C@H](CCCN=C(N)N)NS(=O)(=O)Cc1ccccc1. The molecule has 0 aromatic heterocycles. The summed E-state index contributed by atoms with van der Waals surface area (Å²) in [4.78, 5) is 57.4. The van der Waals surface area contributed by atoms with E-state index in [9.17, 15) is 27.6 Å². The first-order chi connectivity index (χ1) is 21.4. The highest BCUT2D eigenvalue weighted by atomic mass is 32.2. The summed E-state index contributed by atoms with van der Waals surface area (Å²) in [5, 5.41) is 5.35. The lowest BCUT2D eigenvalue weighted by Crippen LogP contribution is -2.53. The highest BCUT2D eigenvalue weighted by Crippen LogP contribution is 2.27. The molecule has 1 saturated carbocycles. The molecular weight excluding hydrogens is 598 g/mol. The third kappa shape index (κ3) is 14.9. The second kappa shape index (κ2) is 19.8. The van der Waals surface area contributed by atoms with Gasteiger partial charge in [-0.15, -0.1) is 0 Å². The second-order valence-electron chi connectivity index (χ2n) is 11.7. The van der Waals surface area contributed by atoms with Crippen molar-refractivity contribution in [1.82, 2.24) is 20.3 Å². The van der Waals surface area contributed by atoms with Crippen LogP contribution in [0.5, 0.6) is 0 Å². The molecule has 0 bridgehead atoms. The van der Waals surface area contributed by atoms with Crippen LogP contribution in [0.4, 0.5) is 0 Å². The van der Waals surface area contributed by atoms with Crippen molar-refractivity contribution in [3.63, 3.8) is 0 Å². The number of Topliss-reactive ketones (excluding diaryl/α,β-unsaturated/α-hetero) is 1. The molecule has 0 heterocycles. The maximum Gasteiger partial charge on any atom is 0.289 e. The maximum absolute atomic E-state index is 13.5. The molecule has 0 aliphatic heterocycles. The van der Waals surface area contributed by atoms with Gasteiger partial charge in [0.2, 0.25) is 27.6 Å². The van der Waals surface area contributed by atoms with Crippen LogP contribution in [0.2, 0.25) is 0 Å². The topological polar surface area (TPSA) is 206 Å². The molecule has 7 N–H and O–H groups in total. The van der Waals surface area contributed by atoms with Crippen molar-refractivity contribution in [2.24, 2.45) is 22.4 Å². The zero-order chi connectivity index (χ0) is 33.2. The fraction of sp³-hybridized carbons (Fsp3) is 0.645. The van der Waals surface area contributed by atoms with Gasteiger partial charge in [-0.25, -0.2) is 13.1 Å². The first-order valence-electron chi connectivity index (χ1n) is 15.9. The molecule has 0 unspecified atom stereocenters. The summed E-state index contributed by atoms with van der Waals surface area (Å²) in [6.45, 7) is 2.17. The number of benzene rings is 1. The Kier molecular flexibility index (Phi) is 16.6. The molecule has 1 fully saturated rings. The van der Waals surface area contributed by atoms with Crippen molar-refractivity contribution < 1.29 is 27.6 Å². The van der Waals surface area contributed by atoms with Gasteiger partial charge in [-0.1, -0.05) is 82.2 Å². The number of amides is 3. The lowest BCUT2D eigenvalue weighted by molar-refractivity contribution is -0.141. The number of nitrogens with two attached hydrogens (primary N) is 2. The number of hydrogen-bond donors (Lipinski definition) is 5. The van der Waals surface area contributed by atoms with Crippen LogP contribution >= 0.6 is 0 Å². The number of rotatable bonds is 20. The van der Waals surface area contributed by atoms with E-state index >= 15 is 0 Å². The van der Waals surface area contributed by atoms with Crippen molar-refractivity contribution in [1.29, 1.82) is 0 Å². The monoisotopic (exact) mass is 649 g/mol. The minimum absolute atomic E-state index is 0.0799. The Morgan fingerprint density at radius 1 is 1.00 bits per heavy atom. The van der Waals surface area contributed by atoms with E-state index in [1.165, 1.54) is 7.05 Å². The minimum atomic E-state index is -3.93. The zero-order valence-corrected chi connectivity index (χ0v) is 27.4. The smallest absolute Gasteiger partial charge is 0.289 e. The summed E-state index contributed by atoms with van der Waals surface area (Å²) in [5.74, 6) is -2.94. The quantitative estimate of drug-likeness (QED) is 0.0601. The van der Waals surface area contributed by atoms with Crippen molar-refractivity contribution in [3.05, 3.63) is 35.9 Å². The van der Waals surface area contributed by atoms with Crippen LogP contribution in [0.25, 0.3) is 0 Å². The molecule has 3 amide bonds. The molecule has 14 heteroatoms. The van der Waals surface area contributed by atoms with Gasteiger partial charge in [-0.05, 0) is 37.2 Å². The summed E-state index contributed by atoms with van der Waals surface area (Å²) in [7, 11) is -2.55. The van der Waals surface area contributed by atoms with Gasteiger partial charge in [0.25, 0.3) is 5.91 Å². The first-order valence-corrected chi connectivity index (χ1v) is 17.5. The number of guanidine groups is 1. The van der Waals surface area contributed by atoms with Crippen LogP contribution in [0, 0.1) is 5.92 Å². The largest absolute Gasteiger partial charge is 0.370 e. The van der Waals surface area contributed by atoms with Crippen molar-refractivity contribution >= 4 is 39.5 Å². The molecule has 0 spiro atoms. The Bertz CT molecular complexity index is 1230. The number of carbonyl (C=O) groups excluding carboxylic acids is 4. The molecule has 1 aliphatic carbocycles. The van der Waals surface area contributed by atoms with Gasteiger partial charge in [0.1, 0.15) is 6.04 Å². The van der Waals surface area contributed by atoms with Crippen molar-refractivity contribution in [3.8, 4) is 0 Å². The second-order valence-corrected chi connectivity index (χ2v) is 13.5. The van der Waals surface area contributed by atoms with E-state index in [0.717, 1.165) is 56.3 Å². The van der Waals surface area contributed by atoms with Crippen LogP contribution in [0.15, 0.2) is 35.3 Å². The van der Waals surface area contributed by atoms with Gasteiger partial charge in [-0.3, -0.25) is 24.2 Å². The summed E-state index contributed by atoms with van der Waals surface area (Å²) in [5.41, 5.74) is 11.3. The number of carbonyl (C=O) groups is 4. The fourth-order valence-corrected chi connectivity index (χ4v) is 6.76. The predicted octanol–water partition coefficient (Wildman–Crippen LogP) is 1.32. The van der Waals surface area contributed by atoms with E-state index < -0.39 is 52.2 Å². The summed E-state index contributed by atoms with van der Waals surface area (Å²) in [6, 6.07) is 6.35. The van der Waals surface area contributed by atoms with E-state index in [0.29, 0.717) is 24.9 Å². The maximum atomic E-state index is 13.5. The summed E-state index contributed by atoms with van der Waals surface area (Å²) in [6.07, 6.45) is 8.40. The van der Waals surface area contributed by atoms with E-state index in [1.807, 2.05) is 6.92 Å². The van der Waals surface area contributed by atoms with Crippen molar-refractivity contribution in [2.45, 2.75) is 95.4 Å². The standard InChI is InChI=1S/C31H51N7O6S/c1-3-4-11-18-34-29(41)28(40)26(20-23-13-7-5-8-14-23)36-27(39)21-38(2)30(42)25(17-12-19-35-31(32)33)37-45(43,44)22-24-15-9-6-10-16-24/h6,9-10,15-16,23,25-26,37H,3-5,7-8,11-14,17-22H2,1-2H3,(H,34,41)(H,36,39)(H4,32,33,35)/t25-,26-/m0/s1. The third-order valence-corrected chi connectivity index (χ3v) is 9.11. The molecular formula is C31H51N7O6S. The molecule has 252 valence electrons. The van der Waals surface area contributed by atoms with Crippen molar-refractivity contribution in [2.75, 3.05) is 26.7 Å². The third-order valence-electron chi connectivity index (χ3n) is 7.76. The minimum Gasteiger partial charge on any atom is -0.370 e. The van der Waals surface area contributed by atoms with E-state index in [1.54, 1.807) is 30.3 Å². The first kappa shape index (κ1) is 37.7. The summed E-state index contributed by atoms with van der Waals surface area (Å²) >= 11 is 0. The average molecular weight is 650 g/mol. The fourth-order valence-electron chi connectivity index (χ4n) is 5.40. The Labute approximate surface area is 267 Å². The van der Waals surface area contributed by atoms with Crippen LogP contribution in [0.3, 0.4) is 0 Å². The lowest BCUT2D eigenvalue weighted by atomic mass is 9.84. The number of aliphatic imine (C=N–C) groups is 1. The molecule has 2 atom stereocenters. The Morgan fingerprint density at radius 3 is 2.33 bits per heavy atom. The van der Waals surface area contributed by atoms with Gasteiger partial charge in [0, 0.05) is 20.1 Å². The van der Waals surface area contributed by atoms with E-state index in [2.05, 4.69) is 20.3 Å². The van der Waals surface area contributed by atoms with E-state index in [4.69, 9.17) is 11.5 Å². The summed E-state index contributed by atoms with van der Waals surface area (Å²) < 4.78 is 28.4. The van der Waals surface area contributed by atoms with Gasteiger partial charge >= 0.3 is 0 Å². The number of nitrogens with zero attached hydrogens (tertiary/aromatic N) is 2. The zero-order valence-electron chi connectivity index (χ0n) is 26.6. The Morgan fingerprint density at radius 2 is 1.69 bits per heavy atom. The lowest BCUT2D eigenvalue weighted by Gasteiger charge is -2.28. The number of sulfonamides is 1. The Hall–Kier alpha value is -3.52. The number of hydrogen-bond acceptors (Lipinski definition) is 7. The molecule has 2 rings (SSSR count). The Balaban J connectivity index is 2.11. The predicted molar refractivity (Wildman–Crippen MR) is 174 cm³/mol. The van der Waals surface area contributed by atoms with Gasteiger partial charge < -0.3 is 27.0 Å². The van der Waals surface area contributed by atoms with Crippen LogP contribution in [0.1, 0.15) is 83.1 Å². The van der Waals surface area contributed by atoms with Crippen LogP contribution in [-0.2, 0) is 35.0 Å². The number of nitrogens with one attached hydrogen (secondary N) is 3. The molecule has 45 heavy (non-hydrogen) atoms. The highest BCUT2D eigenvalue weighted by molar-refractivity contribution is 7.88. The molecule has 0 radical (unpaired) electrons. The van der Waals surface area contributed by atoms with Crippen LogP contribution in [-0.4, -0.2) is 81.5 Å². The highest BCUT2D eigenvalue weighted by Gasteiger charge is 2.32. The van der Waals surface area contributed by atoms with Gasteiger partial charge in [0.05, 0.1) is 18.3 Å². The van der Waals surface area contributed by atoms with Gasteiger partial charge in [0.15, 0.2) is 5.96 Å². The normalized spacial score (nSPS) is 15.0. The molecule has 13 nitrogen and oxygen atoms in total. The molecule has 0 saturated heterocycles. The average Bonchev–Trinajstić information content (AvgIpc) is 3.00. The van der Waals surface area contributed by atoms with E-state index in [-0.39, 0.29) is 30.6 Å². The number of unbranched alkanes of at least 4 members (excludes halogenated alkanes) is 2. The number of likely N-dealkylation sites (N-methyl/N-ethyl adjacent to an activating group) is 1. The van der Waals surface area contributed by atoms with Crippen LogP contribution < -0.4 is 26.8 Å². The molecule has 1 aliphatic rings. The van der Waals surface area contributed by atoms with Gasteiger partial charge in [-0.2, -0.15) is 0 Å². The molecule has 1 aromatic rings. The number of ketones is 1.